The summed E-state index contributed by atoms with van der Waals surface area (Å²) in [7, 11) is 0. The van der Waals surface area contributed by atoms with Crippen molar-refractivity contribution in [1.82, 2.24) is 5.32 Å². The van der Waals surface area contributed by atoms with E-state index < -0.39 is 0 Å². The van der Waals surface area contributed by atoms with Crippen molar-refractivity contribution < 1.29 is 10.2 Å². The van der Waals surface area contributed by atoms with Crippen molar-refractivity contribution in [2.45, 2.75) is 13.0 Å². The Hall–Kier alpha value is -0.770. The Kier molecular flexibility index (Phi) is 4.20. The van der Waals surface area contributed by atoms with E-state index in [-0.39, 0.29) is 18.4 Å². The highest BCUT2D eigenvalue weighted by Gasteiger charge is 2.10. The molecule has 1 aromatic rings. The summed E-state index contributed by atoms with van der Waals surface area (Å²) in [6.45, 7) is 2.74. The zero-order valence-electron chi connectivity index (χ0n) is 8.00. The van der Waals surface area contributed by atoms with Crippen molar-refractivity contribution in [2.24, 2.45) is 0 Å². The lowest BCUT2D eigenvalue weighted by Crippen LogP contribution is -2.23. The maximum atomic E-state index is 9.21. The molecule has 0 amide bonds. The van der Waals surface area contributed by atoms with Gasteiger partial charge in [0.25, 0.3) is 0 Å². The predicted octanol–water partition coefficient (Wildman–Crippen LogP) is 1.69. The zero-order valence-corrected chi connectivity index (χ0v) is 8.75. The molecule has 0 aromatic heterocycles. The highest BCUT2D eigenvalue weighted by molar-refractivity contribution is 6.32. The number of rotatable bonds is 4. The number of aliphatic hydroxyl groups is 1. The van der Waals surface area contributed by atoms with Gasteiger partial charge in [-0.3, -0.25) is 0 Å². The Morgan fingerprint density at radius 3 is 2.71 bits per heavy atom. The lowest BCUT2D eigenvalue weighted by molar-refractivity contribution is 0.246. The van der Waals surface area contributed by atoms with Crippen LogP contribution in [0.3, 0.4) is 0 Å². The molecule has 14 heavy (non-hydrogen) atoms. The summed E-state index contributed by atoms with van der Waals surface area (Å²) in [6, 6.07) is 4.79. The molecule has 0 aliphatic rings. The third kappa shape index (κ3) is 2.61. The molecule has 1 atom stereocenters. The van der Waals surface area contributed by atoms with Crippen LogP contribution in [0.25, 0.3) is 0 Å². The van der Waals surface area contributed by atoms with Crippen molar-refractivity contribution in [1.29, 1.82) is 0 Å². The number of benzene rings is 1. The fourth-order valence-corrected chi connectivity index (χ4v) is 1.46. The minimum absolute atomic E-state index is 0.00887. The highest BCUT2D eigenvalue weighted by Crippen LogP contribution is 2.26. The predicted molar refractivity (Wildman–Crippen MR) is 56.6 cm³/mol. The van der Waals surface area contributed by atoms with Gasteiger partial charge in [-0.05, 0) is 24.2 Å². The maximum absolute atomic E-state index is 9.21. The van der Waals surface area contributed by atoms with Crippen LogP contribution in [0, 0.1) is 0 Å². The van der Waals surface area contributed by atoms with Gasteiger partial charge >= 0.3 is 0 Å². The van der Waals surface area contributed by atoms with Gasteiger partial charge in [0, 0.05) is 0 Å². The third-order valence-electron chi connectivity index (χ3n) is 2.01. The molecule has 0 saturated carbocycles. The molecule has 0 aliphatic carbocycles. The van der Waals surface area contributed by atoms with Gasteiger partial charge in [-0.2, -0.15) is 0 Å². The van der Waals surface area contributed by atoms with Gasteiger partial charge in [0.2, 0.25) is 0 Å². The lowest BCUT2D eigenvalue weighted by atomic mass is 10.1. The number of phenolic OH excluding ortho intramolecular Hbond substituents is 1. The quantitative estimate of drug-likeness (QED) is 0.717. The summed E-state index contributed by atoms with van der Waals surface area (Å²) in [4.78, 5) is 0. The molecule has 0 saturated heterocycles. The standard InChI is InChI=1S/C10H14ClNO2/c1-2-12-9(6-13)7-3-4-10(14)8(11)5-7/h3-5,9,12-14H,2,6H2,1H3. The van der Waals surface area contributed by atoms with E-state index in [0.717, 1.165) is 12.1 Å². The third-order valence-corrected chi connectivity index (χ3v) is 2.31. The average molecular weight is 216 g/mol. The lowest BCUT2D eigenvalue weighted by Gasteiger charge is -2.15. The normalized spacial score (nSPS) is 12.8. The molecule has 0 radical (unpaired) electrons. The maximum Gasteiger partial charge on any atom is 0.134 e. The second kappa shape index (κ2) is 5.20. The van der Waals surface area contributed by atoms with Crippen molar-refractivity contribution in [3.63, 3.8) is 0 Å². The van der Waals surface area contributed by atoms with E-state index in [4.69, 9.17) is 16.7 Å². The van der Waals surface area contributed by atoms with E-state index >= 15 is 0 Å². The van der Waals surface area contributed by atoms with E-state index in [9.17, 15) is 5.11 Å². The summed E-state index contributed by atoms with van der Waals surface area (Å²) in [5.41, 5.74) is 0.872. The topological polar surface area (TPSA) is 52.5 Å². The molecule has 0 spiro atoms. The van der Waals surface area contributed by atoms with Crippen molar-refractivity contribution >= 4 is 11.6 Å². The van der Waals surface area contributed by atoms with Gasteiger partial charge in [-0.25, -0.2) is 0 Å². The SMILES string of the molecule is CCNC(CO)c1ccc(O)c(Cl)c1. The van der Waals surface area contributed by atoms with E-state index in [2.05, 4.69) is 5.32 Å². The van der Waals surface area contributed by atoms with Crippen LogP contribution in [-0.2, 0) is 0 Å². The van der Waals surface area contributed by atoms with Crippen LogP contribution in [-0.4, -0.2) is 23.4 Å². The summed E-state index contributed by atoms with van der Waals surface area (Å²) < 4.78 is 0. The van der Waals surface area contributed by atoms with Crippen molar-refractivity contribution in [3.05, 3.63) is 28.8 Å². The zero-order chi connectivity index (χ0) is 10.6. The molecule has 4 heteroatoms. The van der Waals surface area contributed by atoms with Gasteiger partial charge < -0.3 is 15.5 Å². The molecule has 0 aliphatic heterocycles. The largest absolute Gasteiger partial charge is 0.506 e. The number of hydrogen-bond donors (Lipinski definition) is 3. The summed E-state index contributed by atoms with van der Waals surface area (Å²) in [5, 5.41) is 21.7. The van der Waals surface area contributed by atoms with Crippen LogP contribution < -0.4 is 5.32 Å². The van der Waals surface area contributed by atoms with E-state index in [1.807, 2.05) is 6.92 Å². The summed E-state index contributed by atoms with van der Waals surface area (Å²) in [5.74, 6) is 0.0589. The number of phenols is 1. The molecular weight excluding hydrogens is 202 g/mol. The second-order valence-electron chi connectivity index (χ2n) is 3.00. The van der Waals surface area contributed by atoms with Crippen molar-refractivity contribution in [3.8, 4) is 5.75 Å². The Morgan fingerprint density at radius 1 is 1.50 bits per heavy atom. The molecule has 0 bridgehead atoms. The summed E-state index contributed by atoms with van der Waals surface area (Å²) >= 11 is 5.76. The molecule has 3 N–H and O–H groups in total. The first kappa shape index (κ1) is 11.3. The molecule has 1 aromatic carbocycles. The van der Waals surface area contributed by atoms with Crippen LogP contribution in [0.5, 0.6) is 5.75 Å². The molecule has 0 fully saturated rings. The van der Waals surface area contributed by atoms with E-state index in [1.165, 1.54) is 6.07 Å². The fraction of sp³-hybridized carbons (Fsp3) is 0.400. The van der Waals surface area contributed by atoms with Crippen LogP contribution in [0.15, 0.2) is 18.2 Å². The molecule has 3 nitrogen and oxygen atoms in total. The van der Waals surface area contributed by atoms with Crippen molar-refractivity contribution in [2.75, 3.05) is 13.2 Å². The number of aromatic hydroxyl groups is 1. The minimum atomic E-state index is -0.127. The van der Waals surface area contributed by atoms with Crippen LogP contribution in [0.2, 0.25) is 5.02 Å². The van der Waals surface area contributed by atoms with Gasteiger partial charge in [-0.1, -0.05) is 24.6 Å². The molecule has 1 unspecified atom stereocenters. The molecule has 1 rings (SSSR count). The van der Waals surface area contributed by atoms with Gasteiger partial charge in [0.1, 0.15) is 5.75 Å². The second-order valence-corrected chi connectivity index (χ2v) is 3.41. The Balaban J connectivity index is 2.88. The molecular formula is C10H14ClNO2. The minimum Gasteiger partial charge on any atom is -0.506 e. The number of likely N-dealkylation sites (N-methyl/N-ethyl adjacent to an activating group) is 1. The first-order valence-electron chi connectivity index (χ1n) is 4.51. The first-order chi connectivity index (χ1) is 6.69. The van der Waals surface area contributed by atoms with Crippen LogP contribution >= 0.6 is 11.6 Å². The van der Waals surface area contributed by atoms with Gasteiger partial charge in [0.15, 0.2) is 0 Å². The smallest absolute Gasteiger partial charge is 0.134 e. The molecule has 78 valence electrons. The number of halogens is 1. The Labute approximate surface area is 88.3 Å². The Morgan fingerprint density at radius 2 is 2.21 bits per heavy atom. The summed E-state index contributed by atoms with van der Waals surface area (Å²) in [6.07, 6.45) is 0. The Bertz CT molecular complexity index is 304. The van der Waals surface area contributed by atoms with Gasteiger partial charge in [-0.15, -0.1) is 0 Å². The number of nitrogens with one attached hydrogen (secondary N) is 1. The number of aliphatic hydroxyl groups excluding tert-OH is 1. The van der Waals surface area contributed by atoms with E-state index in [1.54, 1.807) is 12.1 Å². The highest BCUT2D eigenvalue weighted by atomic mass is 35.5. The van der Waals surface area contributed by atoms with Crippen LogP contribution in [0.1, 0.15) is 18.5 Å². The average Bonchev–Trinajstić information content (AvgIpc) is 2.19. The van der Waals surface area contributed by atoms with Crippen LogP contribution in [0.4, 0.5) is 0 Å². The van der Waals surface area contributed by atoms with Gasteiger partial charge in [0.05, 0.1) is 17.7 Å². The van der Waals surface area contributed by atoms with E-state index in [0.29, 0.717) is 5.02 Å². The fourth-order valence-electron chi connectivity index (χ4n) is 1.27. The number of hydrogen-bond acceptors (Lipinski definition) is 3. The first-order valence-corrected chi connectivity index (χ1v) is 4.89. The molecule has 0 heterocycles. The monoisotopic (exact) mass is 215 g/mol.